The highest BCUT2D eigenvalue weighted by Crippen LogP contribution is 2.21. The van der Waals surface area contributed by atoms with Crippen LogP contribution in [0.4, 0.5) is 4.79 Å². The van der Waals surface area contributed by atoms with Crippen LogP contribution in [0.25, 0.3) is 0 Å². The van der Waals surface area contributed by atoms with Crippen LogP contribution < -0.4 is 5.32 Å². The van der Waals surface area contributed by atoms with Crippen molar-refractivity contribution >= 4 is 6.03 Å². The lowest BCUT2D eigenvalue weighted by molar-refractivity contribution is 0.0431. The van der Waals surface area contributed by atoms with Gasteiger partial charge in [0, 0.05) is 20.2 Å². The molecular weight excluding hydrogens is 302 g/mol. The molecule has 0 spiro atoms. The first kappa shape index (κ1) is 18.0. The van der Waals surface area contributed by atoms with Gasteiger partial charge < -0.3 is 15.0 Å². The molecule has 5 heteroatoms. The van der Waals surface area contributed by atoms with Gasteiger partial charge in [0.1, 0.15) is 0 Å². The zero-order valence-corrected chi connectivity index (χ0v) is 14.2. The van der Waals surface area contributed by atoms with Crippen molar-refractivity contribution in [2.45, 2.75) is 44.4 Å². The number of benzene rings is 1. The zero-order valence-electron chi connectivity index (χ0n) is 14.2. The minimum absolute atomic E-state index is 0.0500. The van der Waals surface area contributed by atoms with E-state index in [-0.39, 0.29) is 18.2 Å². The molecule has 1 aliphatic carbocycles. The molecule has 24 heavy (non-hydrogen) atoms. The molecule has 1 aromatic carbocycles. The van der Waals surface area contributed by atoms with Crippen molar-refractivity contribution in [1.29, 1.82) is 5.26 Å². The molecule has 128 valence electrons. The summed E-state index contributed by atoms with van der Waals surface area (Å²) < 4.78 is 5.50. The Bertz CT molecular complexity index is 609. The highest BCUT2D eigenvalue weighted by molar-refractivity contribution is 5.74. The molecule has 2 rings (SSSR count). The topological polar surface area (TPSA) is 65.4 Å². The van der Waals surface area contributed by atoms with Gasteiger partial charge in [-0.3, -0.25) is 0 Å². The van der Waals surface area contributed by atoms with Gasteiger partial charge in [0.15, 0.2) is 0 Å². The van der Waals surface area contributed by atoms with Crippen LogP contribution in [0, 0.1) is 11.3 Å². The number of rotatable bonds is 6. The van der Waals surface area contributed by atoms with E-state index in [0.717, 1.165) is 31.2 Å². The van der Waals surface area contributed by atoms with Gasteiger partial charge in [-0.2, -0.15) is 5.26 Å². The predicted octanol–water partition coefficient (Wildman–Crippen LogP) is 3.21. The molecule has 0 saturated heterocycles. The van der Waals surface area contributed by atoms with Gasteiger partial charge in [0.2, 0.25) is 0 Å². The zero-order chi connectivity index (χ0) is 17.4. The fourth-order valence-corrected chi connectivity index (χ4v) is 3.13. The Kier molecular flexibility index (Phi) is 6.83. The molecule has 2 amide bonds. The predicted molar refractivity (Wildman–Crippen MR) is 93.3 cm³/mol. The third-order valence-electron chi connectivity index (χ3n) is 4.38. The maximum absolute atomic E-state index is 12.7. The van der Waals surface area contributed by atoms with Crippen LogP contribution in [0.1, 0.15) is 36.8 Å². The molecule has 1 aliphatic rings. The fourth-order valence-electron chi connectivity index (χ4n) is 3.13. The van der Waals surface area contributed by atoms with Crippen LogP contribution in [-0.4, -0.2) is 36.7 Å². The SMILES string of the molecule is C=CCN(Cc1cccc(C#N)c1)C(=O)N[C@H]1CCCC[C@@H]1OC. The quantitative estimate of drug-likeness (QED) is 0.816. The highest BCUT2D eigenvalue weighted by Gasteiger charge is 2.27. The molecular formula is C19H25N3O2. The minimum atomic E-state index is -0.119. The van der Waals surface area contributed by atoms with Gasteiger partial charge in [0.25, 0.3) is 0 Å². The second-order valence-electron chi connectivity index (χ2n) is 6.10. The van der Waals surface area contributed by atoms with E-state index in [2.05, 4.69) is 18.0 Å². The average Bonchev–Trinajstić information content (AvgIpc) is 2.62. The first-order chi connectivity index (χ1) is 11.7. The van der Waals surface area contributed by atoms with E-state index in [1.54, 1.807) is 24.2 Å². The molecule has 5 nitrogen and oxygen atoms in total. The Labute approximate surface area is 143 Å². The molecule has 1 aromatic rings. The molecule has 2 atom stereocenters. The van der Waals surface area contributed by atoms with E-state index in [0.29, 0.717) is 18.7 Å². The van der Waals surface area contributed by atoms with Crippen LogP contribution in [-0.2, 0) is 11.3 Å². The van der Waals surface area contributed by atoms with Gasteiger partial charge in [-0.1, -0.05) is 31.1 Å². The summed E-state index contributed by atoms with van der Waals surface area (Å²) in [5, 5.41) is 12.1. The molecule has 0 unspecified atom stereocenters. The van der Waals surface area contributed by atoms with Crippen molar-refractivity contribution in [2.24, 2.45) is 0 Å². The number of methoxy groups -OCH3 is 1. The van der Waals surface area contributed by atoms with E-state index in [4.69, 9.17) is 10.00 Å². The highest BCUT2D eigenvalue weighted by atomic mass is 16.5. The van der Waals surface area contributed by atoms with Gasteiger partial charge in [0.05, 0.1) is 23.8 Å². The molecule has 0 aromatic heterocycles. The molecule has 0 radical (unpaired) electrons. The number of carbonyl (C=O) groups is 1. The van der Waals surface area contributed by atoms with Crippen molar-refractivity contribution in [3.63, 3.8) is 0 Å². The lowest BCUT2D eigenvalue weighted by Gasteiger charge is -2.33. The number of carbonyl (C=O) groups excluding carboxylic acids is 1. The third kappa shape index (κ3) is 4.84. The Hall–Kier alpha value is -2.32. The van der Waals surface area contributed by atoms with Gasteiger partial charge in [-0.15, -0.1) is 6.58 Å². The Morgan fingerprint density at radius 3 is 3.00 bits per heavy atom. The number of amides is 2. The number of ether oxygens (including phenoxy) is 1. The molecule has 1 N–H and O–H groups in total. The average molecular weight is 327 g/mol. The van der Waals surface area contributed by atoms with Crippen molar-refractivity contribution in [1.82, 2.24) is 10.2 Å². The third-order valence-corrected chi connectivity index (χ3v) is 4.38. The number of urea groups is 1. The normalized spacial score (nSPS) is 20.0. The van der Waals surface area contributed by atoms with E-state index >= 15 is 0 Å². The first-order valence-corrected chi connectivity index (χ1v) is 8.36. The summed E-state index contributed by atoms with van der Waals surface area (Å²) in [6.45, 7) is 4.63. The monoisotopic (exact) mass is 327 g/mol. The summed E-state index contributed by atoms with van der Waals surface area (Å²) in [7, 11) is 1.70. The van der Waals surface area contributed by atoms with Gasteiger partial charge in [-0.05, 0) is 30.5 Å². The second-order valence-corrected chi connectivity index (χ2v) is 6.10. The lowest BCUT2D eigenvalue weighted by Crippen LogP contribution is -2.50. The van der Waals surface area contributed by atoms with Crippen molar-refractivity contribution in [2.75, 3.05) is 13.7 Å². The van der Waals surface area contributed by atoms with Gasteiger partial charge >= 0.3 is 6.03 Å². The standard InChI is InChI=1S/C19H25N3O2/c1-3-11-22(14-16-8-6-7-15(12-16)13-20)19(23)21-17-9-4-5-10-18(17)24-2/h3,6-8,12,17-18H,1,4-5,9-11,14H2,2H3,(H,21,23)/t17-,18-/m0/s1. The van der Waals surface area contributed by atoms with E-state index in [1.165, 1.54) is 0 Å². The molecule has 1 fully saturated rings. The number of hydrogen-bond acceptors (Lipinski definition) is 3. The van der Waals surface area contributed by atoms with E-state index in [9.17, 15) is 4.79 Å². The second kappa shape index (κ2) is 9.09. The summed E-state index contributed by atoms with van der Waals surface area (Å²) >= 11 is 0. The van der Waals surface area contributed by atoms with Crippen molar-refractivity contribution in [3.05, 3.63) is 48.0 Å². The molecule has 0 bridgehead atoms. The van der Waals surface area contributed by atoms with Crippen molar-refractivity contribution < 1.29 is 9.53 Å². The number of hydrogen-bond donors (Lipinski definition) is 1. The number of nitrogens with zero attached hydrogens (tertiary/aromatic N) is 2. The summed E-state index contributed by atoms with van der Waals surface area (Å²) in [5.41, 5.74) is 1.52. The van der Waals surface area contributed by atoms with Crippen molar-refractivity contribution in [3.8, 4) is 6.07 Å². The summed E-state index contributed by atoms with van der Waals surface area (Å²) in [4.78, 5) is 14.4. The molecule has 1 saturated carbocycles. The number of nitrogens with one attached hydrogen (secondary N) is 1. The van der Waals surface area contributed by atoms with Crippen LogP contribution in [0.3, 0.4) is 0 Å². The van der Waals surface area contributed by atoms with Crippen LogP contribution >= 0.6 is 0 Å². The summed E-state index contributed by atoms with van der Waals surface area (Å²) in [5.74, 6) is 0. The van der Waals surface area contributed by atoms with Crippen LogP contribution in [0.5, 0.6) is 0 Å². The largest absolute Gasteiger partial charge is 0.379 e. The van der Waals surface area contributed by atoms with Gasteiger partial charge in [-0.25, -0.2) is 4.79 Å². The Balaban J connectivity index is 2.04. The van der Waals surface area contributed by atoms with Crippen LogP contribution in [0.2, 0.25) is 0 Å². The van der Waals surface area contributed by atoms with Crippen LogP contribution in [0.15, 0.2) is 36.9 Å². The Morgan fingerprint density at radius 2 is 2.29 bits per heavy atom. The number of nitriles is 1. The maximum atomic E-state index is 12.7. The fraction of sp³-hybridized carbons (Fsp3) is 0.474. The van der Waals surface area contributed by atoms with E-state index < -0.39 is 0 Å². The Morgan fingerprint density at radius 1 is 1.50 bits per heavy atom. The molecule has 0 heterocycles. The summed E-state index contributed by atoms with van der Waals surface area (Å²) in [6.07, 6.45) is 5.96. The smallest absolute Gasteiger partial charge is 0.318 e. The molecule has 0 aliphatic heterocycles. The van der Waals surface area contributed by atoms with E-state index in [1.807, 2.05) is 18.2 Å². The minimum Gasteiger partial charge on any atom is -0.379 e. The lowest BCUT2D eigenvalue weighted by atomic mass is 9.92. The maximum Gasteiger partial charge on any atom is 0.318 e. The first-order valence-electron chi connectivity index (χ1n) is 8.36. The summed E-state index contributed by atoms with van der Waals surface area (Å²) in [6, 6.07) is 9.37.